The maximum atomic E-state index is 12.8. The van der Waals surface area contributed by atoms with Crippen LogP contribution in [0.15, 0.2) is 60.7 Å². The summed E-state index contributed by atoms with van der Waals surface area (Å²) in [6.45, 7) is 0.0828. The second kappa shape index (κ2) is 7.44. The van der Waals surface area contributed by atoms with E-state index in [2.05, 4.69) is 5.32 Å². The van der Waals surface area contributed by atoms with E-state index in [-0.39, 0.29) is 12.5 Å². The largest absolute Gasteiger partial charge is 0.354 e. The van der Waals surface area contributed by atoms with Crippen LogP contribution in [0, 0.1) is 0 Å². The van der Waals surface area contributed by atoms with Gasteiger partial charge in [-0.15, -0.1) is 0 Å². The van der Waals surface area contributed by atoms with E-state index in [0.717, 1.165) is 15.8 Å². The normalized spacial score (nSPS) is 13.1. The third-order valence-corrected chi connectivity index (χ3v) is 5.02. The van der Waals surface area contributed by atoms with Gasteiger partial charge in [0.15, 0.2) is 0 Å². The predicted octanol–water partition coefficient (Wildman–Crippen LogP) is 3.45. The van der Waals surface area contributed by atoms with Crippen LogP contribution in [0.5, 0.6) is 0 Å². The van der Waals surface area contributed by atoms with E-state index in [9.17, 15) is 14.4 Å². The van der Waals surface area contributed by atoms with Gasteiger partial charge in [0.05, 0.1) is 0 Å². The molecule has 0 saturated carbocycles. The Morgan fingerprint density at radius 3 is 2.21 bits per heavy atom. The molecular formula is C22H17ClN2O3. The van der Waals surface area contributed by atoms with Crippen LogP contribution in [0.4, 0.5) is 0 Å². The summed E-state index contributed by atoms with van der Waals surface area (Å²) in [5.41, 5.74) is 1.89. The molecule has 0 radical (unpaired) electrons. The first kappa shape index (κ1) is 18.2. The number of hydrogen-bond acceptors (Lipinski definition) is 3. The van der Waals surface area contributed by atoms with Crippen LogP contribution in [0.3, 0.4) is 0 Å². The number of carbonyl (C=O) groups is 3. The maximum absolute atomic E-state index is 12.8. The number of nitrogens with one attached hydrogen (secondary N) is 1. The van der Waals surface area contributed by atoms with Crippen molar-refractivity contribution in [2.24, 2.45) is 0 Å². The van der Waals surface area contributed by atoms with E-state index >= 15 is 0 Å². The predicted molar refractivity (Wildman–Crippen MR) is 107 cm³/mol. The summed E-state index contributed by atoms with van der Waals surface area (Å²) in [6, 6.07) is 18.0. The van der Waals surface area contributed by atoms with Gasteiger partial charge >= 0.3 is 0 Å². The number of hydrogen-bond donors (Lipinski definition) is 1. The van der Waals surface area contributed by atoms with Crippen LogP contribution in [0.1, 0.15) is 26.3 Å². The molecule has 0 atom stereocenters. The van der Waals surface area contributed by atoms with Crippen molar-refractivity contribution < 1.29 is 14.4 Å². The monoisotopic (exact) mass is 392 g/mol. The van der Waals surface area contributed by atoms with Crippen LogP contribution in [0.2, 0.25) is 5.02 Å². The Kier molecular flexibility index (Phi) is 4.84. The molecular weight excluding hydrogens is 376 g/mol. The lowest BCUT2D eigenvalue weighted by Gasteiger charge is -2.26. The van der Waals surface area contributed by atoms with Crippen LogP contribution in [-0.4, -0.2) is 35.7 Å². The van der Waals surface area contributed by atoms with E-state index < -0.39 is 11.8 Å². The van der Waals surface area contributed by atoms with Crippen molar-refractivity contribution in [1.29, 1.82) is 0 Å². The summed E-state index contributed by atoms with van der Waals surface area (Å²) in [7, 11) is 0. The van der Waals surface area contributed by atoms with Gasteiger partial charge in [-0.1, -0.05) is 48.0 Å². The lowest BCUT2D eigenvalue weighted by molar-refractivity contribution is -0.121. The molecule has 28 heavy (non-hydrogen) atoms. The van der Waals surface area contributed by atoms with Crippen molar-refractivity contribution >= 4 is 40.1 Å². The van der Waals surface area contributed by atoms with Gasteiger partial charge in [-0.3, -0.25) is 19.3 Å². The number of benzene rings is 3. The summed E-state index contributed by atoms with van der Waals surface area (Å²) in [4.78, 5) is 38.9. The van der Waals surface area contributed by atoms with E-state index in [4.69, 9.17) is 11.6 Å². The third-order valence-electron chi connectivity index (χ3n) is 4.78. The summed E-state index contributed by atoms with van der Waals surface area (Å²) in [6.07, 6.45) is 0.607. The molecule has 140 valence electrons. The van der Waals surface area contributed by atoms with E-state index in [1.807, 2.05) is 30.3 Å². The van der Waals surface area contributed by atoms with Gasteiger partial charge in [0.2, 0.25) is 5.91 Å². The first-order valence-electron chi connectivity index (χ1n) is 8.93. The van der Waals surface area contributed by atoms with Crippen LogP contribution in [-0.2, 0) is 11.2 Å². The number of nitrogens with zero attached hydrogens (tertiary/aromatic N) is 1. The van der Waals surface area contributed by atoms with Crippen LogP contribution < -0.4 is 5.32 Å². The highest BCUT2D eigenvalue weighted by molar-refractivity contribution is 6.30. The Bertz CT molecular complexity index is 1060. The van der Waals surface area contributed by atoms with E-state index in [0.29, 0.717) is 34.5 Å². The minimum atomic E-state index is -0.445. The Labute approximate surface area is 166 Å². The lowest BCUT2D eigenvalue weighted by atomic mass is 9.94. The van der Waals surface area contributed by atoms with Crippen molar-refractivity contribution in [3.8, 4) is 0 Å². The van der Waals surface area contributed by atoms with Crippen molar-refractivity contribution in [3.63, 3.8) is 0 Å². The quantitative estimate of drug-likeness (QED) is 0.676. The molecule has 0 aromatic heterocycles. The molecule has 1 N–H and O–H groups in total. The molecule has 1 aliphatic rings. The van der Waals surface area contributed by atoms with Gasteiger partial charge in [0.25, 0.3) is 11.8 Å². The fourth-order valence-electron chi connectivity index (χ4n) is 3.46. The third kappa shape index (κ3) is 3.37. The Morgan fingerprint density at radius 2 is 1.57 bits per heavy atom. The van der Waals surface area contributed by atoms with Crippen molar-refractivity contribution in [3.05, 3.63) is 82.4 Å². The summed E-state index contributed by atoms with van der Waals surface area (Å²) in [5, 5.41) is 4.89. The molecule has 1 aliphatic heterocycles. The fourth-order valence-corrected chi connectivity index (χ4v) is 3.68. The Morgan fingerprint density at radius 1 is 0.929 bits per heavy atom. The zero-order valence-corrected chi connectivity index (χ0v) is 15.7. The molecule has 3 aromatic rings. The van der Waals surface area contributed by atoms with Gasteiger partial charge in [-0.05, 0) is 41.6 Å². The van der Waals surface area contributed by atoms with Crippen molar-refractivity contribution in [1.82, 2.24) is 10.2 Å². The number of halogens is 1. The molecule has 1 heterocycles. The van der Waals surface area contributed by atoms with Gasteiger partial charge in [-0.2, -0.15) is 0 Å². The Hall–Kier alpha value is -3.18. The summed E-state index contributed by atoms with van der Waals surface area (Å²) >= 11 is 5.95. The number of rotatable bonds is 5. The summed E-state index contributed by atoms with van der Waals surface area (Å²) in [5.74, 6) is -1.27. The summed E-state index contributed by atoms with van der Waals surface area (Å²) < 4.78 is 0. The van der Waals surface area contributed by atoms with Crippen LogP contribution >= 0.6 is 11.6 Å². The second-order valence-electron chi connectivity index (χ2n) is 6.64. The molecule has 0 saturated heterocycles. The molecule has 5 nitrogen and oxygen atoms in total. The zero-order valence-electron chi connectivity index (χ0n) is 14.9. The highest BCUT2D eigenvalue weighted by Gasteiger charge is 2.33. The second-order valence-corrected chi connectivity index (χ2v) is 7.07. The fraction of sp³-hybridized carbons (Fsp3) is 0.136. The van der Waals surface area contributed by atoms with Crippen LogP contribution in [0.25, 0.3) is 10.8 Å². The topological polar surface area (TPSA) is 66.5 Å². The number of amides is 3. The minimum Gasteiger partial charge on any atom is -0.354 e. The Balaban J connectivity index is 1.46. The average Bonchev–Trinajstić information content (AvgIpc) is 2.69. The highest BCUT2D eigenvalue weighted by atomic mass is 35.5. The molecule has 0 aliphatic carbocycles. The average molecular weight is 393 g/mol. The smallest absolute Gasteiger partial charge is 0.261 e. The number of carbonyl (C=O) groups excluding carboxylic acids is 3. The molecule has 4 rings (SSSR count). The van der Waals surface area contributed by atoms with E-state index in [1.54, 1.807) is 30.3 Å². The molecule has 0 bridgehead atoms. The molecule has 3 aromatic carbocycles. The zero-order chi connectivity index (χ0) is 19.7. The number of imide groups is 1. The molecule has 3 amide bonds. The van der Waals surface area contributed by atoms with E-state index in [1.165, 1.54) is 0 Å². The first-order chi connectivity index (χ1) is 13.5. The molecule has 6 heteroatoms. The lowest BCUT2D eigenvalue weighted by Crippen LogP contribution is -2.46. The van der Waals surface area contributed by atoms with Gasteiger partial charge in [-0.25, -0.2) is 0 Å². The minimum absolute atomic E-state index is 0.308. The first-order valence-corrected chi connectivity index (χ1v) is 9.31. The molecule has 0 spiro atoms. The standard InChI is InChI=1S/C22H17ClN2O3/c23-16-7-1-4-14(12-16)10-11-24-19(26)13-25-21(27)17-8-2-5-15-6-3-9-18(20(15)17)22(25)28/h1-9,12H,10-11,13H2,(H,24,26). The van der Waals surface area contributed by atoms with Crippen molar-refractivity contribution in [2.45, 2.75) is 6.42 Å². The molecule has 0 unspecified atom stereocenters. The van der Waals surface area contributed by atoms with Gasteiger partial charge in [0, 0.05) is 28.1 Å². The molecule has 0 fully saturated rings. The van der Waals surface area contributed by atoms with Crippen molar-refractivity contribution in [2.75, 3.05) is 13.1 Å². The van der Waals surface area contributed by atoms with Gasteiger partial charge in [0.1, 0.15) is 6.54 Å². The SMILES string of the molecule is O=C(CN1C(=O)c2cccc3cccc(c23)C1=O)NCCc1cccc(Cl)c1. The highest BCUT2D eigenvalue weighted by Crippen LogP contribution is 2.29. The maximum Gasteiger partial charge on any atom is 0.261 e. The van der Waals surface area contributed by atoms with Gasteiger partial charge < -0.3 is 5.32 Å².